The van der Waals surface area contributed by atoms with Gasteiger partial charge in [0.05, 0.1) is 17.6 Å². The molecular weight excluding hydrogens is 449 g/mol. The van der Waals surface area contributed by atoms with Gasteiger partial charge in [0.2, 0.25) is 0 Å². The summed E-state index contributed by atoms with van der Waals surface area (Å²) in [6.45, 7) is 0.204. The first kappa shape index (κ1) is 23.7. The van der Waals surface area contributed by atoms with E-state index in [1.165, 1.54) is 49.6 Å². The smallest absolute Gasteiger partial charge is 0.261 e. The molecule has 0 unspecified atom stereocenters. The van der Waals surface area contributed by atoms with E-state index in [4.69, 9.17) is 4.74 Å². The van der Waals surface area contributed by atoms with E-state index in [0.29, 0.717) is 11.4 Å². The molecule has 0 aliphatic carbocycles. The maximum atomic E-state index is 13.6. The number of benzene rings is 3. The number of amides is 2. The van der Waals surface area contributed by atoms with Gasteiger partial charge in [-0.05, 0) is 60.7 Å². The van der Waals surface area contributed by atoms with Crippen LogP contribution in [-0.4, -0.2) is 40.4 Å². The second-order valence-electron chi connectivity index (χ2n) is 6.85. The van der Waals surface area contributed by atoms with Crippen molar-refractivity contribution in [1.82, 2.24) is 10.6 Å². The fourth-order valence-electron chi connectivity index (χ4n) is 2.85. The largest absolute Gasteiger partial charge is 0.497 e. The van der Waals surface area contributed by atoms with Crippen molar-refractivity contribution in [2.24, 2.45) is 0 Å². The first-order chi connectivity index (χ1) is 15.8. The van der Waals surface area contributed by atoms with Crippen molar-refractivity contribution in [3.63, 3.8) is 0 Å². The Hall–Kier alpha value is -3.92. The summed E-state index contributed by atoms with van der Waals surface area (Å²) in [5.41, 5.74) is 0.540. The Morgan fingerprint density at radius 1 is 0.848 bits per heavy atom. The minimum absolute atomic E-state index is 0.00739. The Labute approximate surface area is 190 Å². The van der Waals surface area contributed by atoms with Crippen LogP contribution in [0.25, 0.3) is 0 Å². The van der Waals surface area contributed by atoms with Gasteiger partial charge >= 0.3 is 0 Å². The number of hydrogen-bond donors (Lipinski definition) is 3. The molecular formula is C23H22FN3O5S. The van der Waals surface area contributed by atoms with Gasteiger partial charge in [0.25, 0.3) is 21.8 Å². The molecule has 33 heavy (non-hydrogen) atoms. The first-order valence-corrected chi connectivity index (χ1v) is 11.4. The highest BCUT2D eigenvalue weighted by Gasteiger charge is 2.15. The van der Waals surface area contributed by atoms with Crippen LogP contribution < -0.4 is 20.1 Å². The van der Waals surface area contributed by atoms with E-state index in [9.17, 15) is 22.4 Å². The lowest BCUT2D eigenvalue weighted by molar-refractivity contribution is 0.0925. The number of sulfonamides is 1. The zero-order valence-corrected chi connectivity index (χ0v) is 18.5. The number of hydrogen-bond acceptors (Lipinski definition) is 5. The van der Waals surface area contributed by atoms with E-state index in [1.807, 2.05) is 0 Å². The predicted molar refractivity (Wildman–Crippen MR) is 121 cm³/mol. The molecule has 0 saturated carbocycles. The molecule has 0 spiro atoms. The molecule has 3 rings (SSSR count). The van der Waals surface area contributed by atoms with Gasteiger partial charge in [-0.25, -0.2) is 12.8 Å². The highest BCUT2D eigenvalue weighted by atomic mass is 32.2. The van der Waals surface area contributed by atoms with Gasteiger partial charge in [0.1, 0.15) is 11.6 Å². The number of rotatable bonds is 9. The van der Waals surface area contributed by atoms with Crippen LogP contribution in [0, 0.1) is 5.82 Å². The van der Waals surface area contributed by atoms with Crippen molar-refractivity contribution in [2.75, 3.05) is 24.9 Å². The van der Waals surface area contributed by atoms with Gasteiger partial charge < -0.3 is 15.4 Å². The van der Waals surface area contributed by atoms with E-state index >= 15 is 0 Å². The molecule has 0 saturated heterocycles. The highest BCUT2D eigenvalue weighted by Crippen LogP contribution is 2.19. The fraction of sp³-hybridized carbons (Fsp3) is 0.130. The molecule has 2 amide bonds. The number of carbonyl (C=O) groups excluding carboxylic acids is 2. The Kier molecular flexibility index (Phi) is 7.62. The molecule has 0 heterocycles. The molecule has 3 aromatic rings. The standard InChI is InChI=1S/C23H22FN3O5S/c1-32-18-10-8-17(9-11-18)27-33(30,31)19-12-6-16(7-13-19)22(28)25-14-15-26-23(29)20-4-2-3-5-21(20)24/h2-13,27H,14-15H2,1H3,(H,25,28)(H,26,29). The number of ether oxygens (including phenoxy) is 1. The predicted octanol–water partition coefficient (Wildman–Crippen LogP) is 2.79. The molecule has 0 aliphatic heterocycles. The summed E-state index contributed by atoms with van der Waals surface area (Å²) in [6.07, 6.45) is 0. The molecule has 0 radical (unpaired) electrons. The van der Waals surface area contributed by atoms with Crippen molar-refractivity contribution in [3.8, 4) is 5.75 Å². The summed E-state index contributed by atoms with van der Waals surface area (Å²) in [5.74, 6) is -1.06. The molecule has 0 aromatic heterocycles. The minimum atomic E-state index is -3.84. The molecule has 0 atom stereocenters. The normalized spacial score (nSPS) is 10.8. The van der Waals surface area contributed by atoms with Crippen molar-refractivity contribution >= 4 is 27.5 Å². The van der Waals surface area contributed by atoms with E-state index in [-0.39, 0.29) is 29.1 Å². The Morgan fingerprint density at radius 3 is 2.06 bits per heavy atom. The van der Waals surface area contributed by atoms with Crippen molar-refractivity contribution in [1.29, 1.82) is 0 Å². The van der Waals surface area contributed by atoms with E-state index in [1.54, 1.807) is 30.3 Å². The van der Waals surface area contributed by atoms with Crippen LogP contribution in [0.15, 0.2) is 77.7 Å². The van der Waals surface area contributed by atoms with Gasteiger partial charge in [0.15, 0.2) is 0 Å². The summed E-state index contributed by atoms with van der Waals surface area (Å²) in [7, 11) is -2.32. The van der Waals surface area contributed by atoms with Crippen LogP contribution in [0.5, 0.6) is 5.75 Å². The summed E-state index contributed by atoms with van der Waals surface area (Å²) < 4.78 is 46.2. The number of halogens is 1. The topological polar surface area (TPSA) is 114 Å². The molecule has 3 N–H and O–H groups in total. The quantitative estimate of drug-likeness (QED) is 0.416. The van der Waals surface area contributed by atoms with E-state index in [2.05, 4.69) is 15.4 Å². The van der Waals surface area contributed by atoms with Crippen LogP contribution in [0.4, 0.5) is 10.1 Å². The van der Waals surface area contributed by atoms with Crippen molar-refractivity contribution in [2.45, 2.75) is 4.90 Å². The molecule has 3 aromatic carbocycles. The summed E-state index contributed by atoms with van der Waals surface area (Å²) >= 11 is 0. The third kappa shape index (κ3) is 6.30. The highest BCUT2D eigenvalue weighted by molar-refractivity contribution is 7.92. The summed E-state index contributed by atoms with van der Waals surface area (Å²) in [4.78, 5) is 24.2. The van der Waals surface area contributed by atoms with E-state index in [0.717, 1.165) is 0 Å². The average Bonchev–Trinajstić information content (AvgIpc) is 2.82. The lowest BCUT2D eigenvalue weighted by atomic mass is 10.2. The maximum Gasteiger partial charge on any atom is 0.261 e. The number of methoxy groups -OCH3 is 1. The minimum Gasteiger partial charge on any atom is -0.497 e. The molecule has 8 nitrogen and oxygen atoms in total. The monoisotopic (exact) mass is 471 g/mol. The Morgan fingerprint density at radius 2 is 1.45 bits per heavy atom. The zero-order chi connectivity index (χ0) is 23.8. The average molecular weight is 472 g/mol. The van der Waals surface area contributed by atoms with Gasteiger partial charge in [0, 0.05) is 24.3 Å². The summed E-state index contributed by atoms with van der Waals surface area (Å²) in [6, 6.07) is 17.4. The second-order valence-corrected chi connectivity index (χ2v) is 8.53. The van der Waals surface area contributed by atoms with Gasteiger partial charge in [-0.2, -0.15) is 0 Å². The number of nitrogens with one attached hydrogen (secondary N) is 3. The fourth-order valence-corrected chi connectivity index (χ4v) is 3.91. The van der Waals surface area contributed by atoms with Crippen LogP contribution in [0.2, 0.25) is 0 Å². The SMILES string of the molecule is COc1ccc(NS(=O)(=O)c2ccc(C(=O)NCCNC(=O)c3ccccc3F)cc2)cc1. The molecule has 10 heteroatoms. The third-order valence-electron chi connectivity index (χ3n) is 4.58. The Bertz CT molecular complexity index is 1230. The molecule has 0 aliphatic rings. The molecule has 0 bridgehead atoms. The Balaban J connectivity index is 1.51. The summed E-state index contributed by atoms with van der Waals surface area (Å²) in [5, 5.41) is 5.12. The molecule has 172 valence electrons. The lowest BCUT2D eigenvalue weighted by Crippen LogP contribution is -2.35. The van der Waals surface area contributed by atoms with Crippen molar-refractivity contribution in [3.05, 3.63) is 89.7 Å². The third-order valence-corrected chi connectivity index (χ3v) is 5.98. The van der Waals surface area contributed by atoms with Crippen LogP contribution in [-0.2, 0) is 10.0 Å². The lowest BCUT2D eigenvalue weighted by Gasteiger charge is -2.10. The molecule has 0 fully saturated rings. The van der Waals surface area contributed by atoms with Gasteiger partial charge in [-0.3, -0.25) is 14.3 Å². The number of anilines is 1. The second kappa shape index (κ2) is 10.6. The van der Waals surface area contributed by atoms with Crippen LogP contribution in [0.3, 0.4) is 0 Å². The van der Waals surface area contributed by atoms with E-state index < -0.39 is 27.7 Å². The number of carbonyl (C=O) groups is 2. The van der Waals surface area contributed by atoms with Gasteiger partial charge in [-0.15, -0.1) is 0 Å². The van der Waals surface area contributed by atoms with Crippen LogP contribution >= 0.6 is 0 Å². The maximum absolute atomic E-state index is 13.6. The first-order valence-electron chi connectivity index (χ1n) is 9.88. The van der Waals surface area contributed by atoms with Crippen LogP contribution in [0.1, 0.15) is 20.7 Å². The van der Waals surface area contributed by atoms with Crippen molar-refractivity contribution < 1.29 is 27.1 Å². The zero-order valence-electron chi connectivity index (χ0n) is 17.7. The van der Waals surface area contributed by atoms with Gasteiger partial charge in [-0.1, -0.05) is 12.1 Å².